The van der Waals surface area contributed by atoms with Gasteiger partial charge in [0.2, 0.25) is 5.13 Å². The number of anilines is 1. The Hall–Kier alpha value is -4.15. The molecule has 2 atom stereocenters. The third-order valence-corrected chi connectivity index (χ3v) is 9.19. The van der Waals surface area contributed by atoms with E-state index in [1.165, 1.54) is 28.0 Å². The summed E-state index contributed by atoms with van der Waals surface area (Å²) < 4.78 is 12.3. The molecule has 0 radical (unpaired) electrons. The second kappa shape index (κ2) is 12.0. The molecule has 2 unspecified atom stereocenters. The number of thioether (sulfide) groups is 1. The molecule has 0 saturated carbocycles. The zero-order valence-electron chi connectivity index (χ0n) is 23.1. The monoisotopic (exact) mass is 599 g/mol. The number of hydrogen-bond acceptors (Lipinski definition) is 9. The van der Waals surface area contributed by atoms with Crippen LogP contribution in [-0.4, -0.2) is 39.7 Å². The lowest BCUT2D eigenvalue weighted by atomic mass is 9.94. The van der Waals surface area contributed by atoms with E-state index in [0.717, 1.165) is 23.3 Å². The van der Waals surface area contributed by atoms with Crippen LogP contribution in [0.5, 0.6) is 11.5 Å². The van der Waals surface area contributed by atoms with Gasteiger partial charge in [0.15, 0.2) is 4.34 Å². The highest BCUT2D eigenvalue weighted by Crippen LogP contribution is 2.45. The zero-order chi connectivity index (χ0) is 29.2. The molecular weight excluding hydrogens is 571 g/mol. The van der Waals surface area contributed by atoms with Crippen LogP contribution < -0.4 is 14.4 Å². The minimum Gasteiger partial charge on any atom is -0.507 e. The van der Waals surface area contributed by atoms with Crippen molar-refractivity contribution in [3.05, 3.63) is 101 Å². The fourth-order valence-electron chi connectivity index (χ4n) is 5.14. The fourth-order valence-corrected chi connectivity index (χ4v) is 6.97. The molecule has 0 aliphatic carbocycles. The molecule has 6 rings (SSSR count). The number of benzene rings is 3. The molecule has 1 amide bonds. The number of carbonyl (C=O) groups excluding carboxylic acids is 2. The van der Waals surface area contributed by atoms with Crippen LogP contribution in [0.3, 0.4) is 0 Å². The van der Waals surface area contributed by atoms with Gasteiger partial charge in [0.05, 0.1) is 18.2 Å². The van der Waals surface area contributed by atoms with Gasteiger partial charge in [-0.2, -0.15) is 0 Å². The second-order valence-corrected chi connectivity index (χ2v) is 12.3. The quantitative estimate of drug-likeness (QED) is 0.0758. The van der Waals surface area contributed by atoms with E-state index in [2.05, 4.69) is 10.2 Å². The van der Waals surface area contributed by atoms with E-state index < -0.39 is 17.7 Å². The molecule has 4 aromatic rings. The average Bonchev–Trinajstić information content (AvgIpc) is 3.70. The van der Waals surface area contributed by atoms with E-state index in [4.69, 9.17) is 9.47 Å². The molecule has 0 bridgehead atoms. The minimum atomic E-state index is -0.918. The van der Waals surface area contributed by atoms with Gasteiger partial charge in [-0.1, -0.05) is 72.5 Å². The summed E-state index contributed by atoms with van der Waals surface area (Å²) in [6, 6.07) is 21.7. The largest absolute Gasteiger partial charge is 0.507 e. The number of Topliss-reactive ketones (excluding diaryl/α,β-unsaturated/α-hetero) is 1. The van der Waals surface area contributed by atoms with Crippen molar-refractivity contribution in [2.45, 2.75) is 48.9 Å². The van der Waals surface area contributed by atoms with Crippen molar-refractivity contribution in [3.8, 4) is 11.5 Å². The van der Waals surface area contributed by atoms with Crippen LogP contribution in [-0.2, 0) is 21.8 Å². The summed E-state index contributed by atoms with van der Waals surface area (Å²) in [5.74, 6) is 0.263. The van der Waals surface area contributed by atoms with E-state index in [0.29, 0.717) is 40.0 Å². The Labute approximate surface area is 252 Å². The smallest absolute Gasteiger partial charge is 0.301 e. The predicted octanol–water partition coefficient (Wildman–Crippen LogP) is 6.57. The summed E-state index contributed by atoms with van der Waals surface area (Å²) in [6.07, 6.45) is 1.55. The summed E-state index contributed by atoms with van der Waals surface area (Å²) in [7, 11) is 0. The number of aliphatic hydroxyl groups is 1. The molecule has 1 N–H and O–H groups in total. The van der Waals surface area contributed by atoms with Gasteiger partial charge in [-0.15, -0.1) is 10.2 Å². The van der Waals surface area contributed by atoms with Gasteiger partial charge in [-0.25, -0.2) is 0 Å². The van der Waals surface area contributed by atoms with Crippen LogP contribution in [0.2, 0.25) is 0 Å². The maximum Gasteiger partial charge on any atom is 0.301 e. The molecule has 8 nitrogen and oxygen atoms in total. The standard InChI is InChI=1S/C32H29N3O5S2/c1-3-14-39-24-11-7-10-21(17-24)27-26(28(36)22-12-13-25-23(16-22)15-19(2)40-25)29(37)30(38)35(27)31-33-34-32(42-31)41-18-20-8-5-4-6-9-20/h4-13,16-17,19,27,36H,3,14-15,18H2,1-2H3/b28-26-. The van der Waals surface area contributed by atoms with Crippen molar-refractivity contribution in [3.63, 3.8) is 0 Å². The van der Waals surface area contributed by atoms with Gasteiger partial charge < -0.3 is 14.6 Å². The van der Waals surface area contributed by atoms with E-state index in [1.807, 2.05) is 68.4 Å². The van der Waals surface area contributed by atoms with Crippen LogP contribution in [0.15, 0.2) is 82.7 Å². The summed E-state index contributed by atoms with van der Waals surface area (Å²) in [6.45, 7) is 4.52. The van der Waals surface area contributed by atoms with E-state index in [9.17, 15) is 14.7 Å². The van der Waals surface area contributed by atoms with E-state index in [-0.39, 0.29) is 22.6 Å². The number of rotatable bonds is 9. The lowest BCUT2D eigenvalue weighted by Crippen LogP contribution is -2.29. The summed E-state index contributed by atoms with van der Waals surface area (Å²) in [5.41, 5.74) is 3.14. The van der Waals surface area contributed by atoms with Crippen LogP contribution >= 0.6 is 23.1 Å². The van der Waals surface area contributed by atoms with Crippen molar-refractivity contribution >= 4 is 45.7 Å². The van der Waals surface area contributed by atoms with Crippen molar-refractivity contribution in [2.24, 2.45) is 0 Å². The Morgan fingerprint density at radius 1 is 1.10 bits per heavy atom. The highest BCUT2D eigenvalue weighted by atomic mass is 32.2. The molecule has 2 aliphatic rings. The number of aliphatic hydroxyl groups excluding tert-OH is 1. The van der Waals surface area contributed by atoms with Crippen molar-refractivity contribution in [2.75, 3.05) is 11.5 Å². The molecule has 1 saturated heterocycles. The molecule has 2 aliphatic heterocycles. The molecule has 1 fully saturated rings. The Morgan fingerprint density at radius 2 is 1.93 bits per heavy atom. The number of hydrogen-bond donors (Lipinski definition) is 1. The Bertz CT molecular complexity index is 1670. The Kier molecular flexibility index (Phi) is 7.99. The summed E-state index contributed by atoms with van der Waals surface area (Å²) >= 11 is 2.75. The fraction of sp³-hybridized carbons (Fsp3) is 0.250. The van der Waals surface area contributed by atoms with Crippen LogP contribution in [0.1, 0.15) is 48.6 Å². The Balaban J connectivity index is 1.40. The van der Waals surface area contributed by atoms with E-state index >= 15 is 0 Å². The molecule has 214 valence electrons. The minimum absolute atomic E-state index is 0.00626. The van der Waals surface area contributed by atoms with Crippen molar-refractivity contribution in [1.29, 1.82) is 0 Å². The number of carbonyl (C=O) groups is 2. The highest BCUT2D eigenvalue weighted by Gasteiger charge is 2.48. The first kappa shape index (κ1) is 28.0. The maximum atomic E-state index is 13.6. The van der Waals surface area contributed by atoms with Gasteiger partial charge in [0.25, 0.3) is 5.78 Å². The number of aromatic nitrogens is 2. The first-order valence-electron chi connectivity index (χ1n) is 13.8. The van der Waals surface area contributed by atoms with Gasteiger partial charge >= 0.3 is 5.91 Å². The maximum absolute atomic E-state index is 13.6. The van der Waals surface area contributed by atoms with Crippen LogP contribution in [0.4, 0.5) is 5.13 Å². The number of ether oxygens (including phenoxy) is 2. The first-order valence-corrected chi connectivity index (χ1v) is 15.6. The first-order chi connectivity index (χ1) is 20.4. The SMILES string of the molecule is CCCOc1cccc(C2/C(=C(/O)c3ccc4c(c3)CC(C)O4)C(=O)C(=O)N2c2nnc(SCc3ccccc3)s2)c1. The molecule has 3 heterocycles. The normalized spacial score (nSPS) is 19.1. The number of fused-ring (bicyclic) bond motifs is 1. The molecule has 3 aromatic carbocycles. The molecule has 1 aromatic heterocycles. The molecule has 10 heteroatoms. The van der Waals surface area contributed by atoms with Crippen molar-refractivity contribution < 1.29 is 24.2 Å². The zero-order valence-corrected chi connectivity index (χ0v) is 24.8. The lowest BCUT2D eigenvalue weighted by Gasteiger charge is -2.23. The van der Waals surface area contributed by atoms with Crippen LogP contribution in [0, 0.1) is 0 Å². The number of nitrogens with zero attached hydrogens (tertiary/aromatic N) is 3. The van der Waals surface area contributed by atoms with Gasteiger partial charge in [0, 0.05) is 17.7 Å². The van der Waals surface area contributed by atoms with E-state index in [1.54, 1.807) is 18.2 Å². The van der Waals surface area contributed by atoms with Gasteiger partial charge in [0.1, 0.15) is 23.4 Å². The second-order valence-electron chi connectivity index (χ2n) is 10.2. The topological polar surface area (TPSA) is 102 Å². The third-order valence-electron chi connectivity index (χ3n) is 7.07. The van der Waals surface area contributed by atoms with Gasteiger partial charge in [-0.05, 0) is 60.4 Å². The molecule has 0 spiro atoms. The Morgan fingerprint density at radius 3 is 2.74 bits per heavy atom. The number of ketones is 1. The molecule has 42 heavy (non-hydrogen) atoms. The molecular formula is C32H29N3O5S2. The average molecular weight is 600 g/mol. The third kappa shape index (κ3) is 5.52. The summed E-state index contributed by atoms with van der Waals surface area (Å²) in [5, 5.41) is 20.5. The van der Waals surface area contributed by atoms with Gasteiger partial charge in [-0.3, -0.25) is 14.5 Å². The summed E-state index contributed by atoms with van der Waals surface area (Å²) in [4.78, 5) is 28.6. The van der Waals surface area contributed by atoms with Crippen LogP contribution in [0.25, 0.3) is 5.76 Å². The predicted molar refractivity (Wildman–Crippen MR) is 163 cm³/mol. The van der Waals surface area contributed by atoms with Crippen molar-refractivity contribution in [1.82, 2.24) is 10.2 Å². The highest BCUT2D eigenvalue weighted by molar-refractivity contribution is 8.00. The number of amides is 1. The lowest BCUT2D eigenvalue weighted by molar-refractivity contribution is -0.132.